The number of hydrogen-bond acceptors (Lipinski definition) is 3. The highest BCUT2D eigenvalue weighted by atomic mass is 16.5. The third kappa shape index (κ3) is 4.53. The van der Waals surface area contributed by atoms with Crippen molar-refractivity contribution in [2.24, 2.45) is 11.8 Å². The van der Waals surface area contributed by atoms with Crippen LogP contribution in [0.4, 0.5) is 11.4 Å². The monoisotopic (exact) mass is 378 g/mol. The molecule has 2 amide bonds. The number of carbonyl (C=O) groups is 2. The lowest BCUT2D eigenvalue weighted by Gasteiger charge is -2.13. The molecular formula is C23H26N2O3. The topological polar surface area (TPSA) is 67.4 Å². The molecule has 2 aromatic rings. The number of rotatable bonds is 6. The van der Waals surface area contributed by atoms with E-state index in [1.54, 1.807) is 24.3 Å². The predicted octanol–water partition coefficient (Wildman–Crippen LogP) is 4.85. The van der Waals surface area contributed by atoms with Crippen LogP contribution in [0.3, 0.4) is 0 Å². The first-order valence-electron chi connectivity index (χ1n) is 10.1. The second kappa shape index (κ2) is 8.05. The van der Waals surface area contributed by atoms with Gasteiger partial charge in [0.15, 0.2) is 0 Å². The van der Waals surface area contributed by atoms with Crippen LogP contribution in [-0.4, -0.2) is 17.9 Å². The molecule has 2 unspecified atom stereocenters. The zero-order valence-electron chi connectivity index (χ0n) is 16.1. The summed E-state index contributed by atoms with van der Waals surface area (Å²) in [5, 5.41) is 5.79. The summed E-state index contributed by atoms with van der Waals surface area (Å²) in [5.41, 5.74) is 1.87. The van der Waals surface area contributed by atoms with Crippen molar-refractivity contribution in [3.05, 3.63) is 54.1 Å². The largest absolute Gasteiger partial charge is 0.490 e. The normalized spacial score (nSPS) is 21.2. The maximum absolute atomic E-state index is 12.6. The van der Waals surface area contributed by atoms with Gasteiger partial charge in [-0.05, 0) is 80.5 Å². The summed E-state index contributed by atoms with van der Waals surface area (Å²) >= 11 is 0. The highest BCUT2D eigenvalue weighted by Crippen LogP contribution is 2.38. The lowest BCUT2D eigenvalue weighted by molar-refractivity contribution is -0.117. The molecule has 0 spiro atoms. The summed E-state index contributed by atoms with van der Waals surface area (Å²) in [5.74, 6) is 1.21. The molecular weight excluding hydrogens is 352 g/mol. The van der Waals surface area contributed by atoms with E-state index >= 15 is 0 Å². The number of ether oxygens (including phenoxy) is 1. The third-order valence-corrected chi connectivity index (χ3v) is 5.56. The van der Waals surface area contributed by atoms with Crippen LogP contribution in [-0.2, 0) is 4.79 Å². The van der Waals surface area contributed by atoms with Gasteiger partial charge in [-0.15, -0.1) is 0 Å². The smallest absolute Gasteiger partial charge is 0.255 e. The summed E-state index contributed by atoms with van der Waals surface area (Å²) in [6, 6.07) is 14.5. The standard InChI is InChI=1S/C23H26N2O3/c1-15-13-21(15)23(27)25-18-6-4-5-16(14-18)22(26)24-17-9-11-20(12-10-17)28-19-7-2-3-8-19/h4-6,9-12,14-15,19,21H,2-3,7-8,13H2,1H3,(H,24,26)(H,25,27). The van der Waals surface area contributed by atoms with E-state index in [2.05, 4.69) is 17.6 Å². The second-order valence-corrected chi connectivity index (χ2v) is 7.89. The Morgan fingerprint density at radius 3 is 2.36 bits per heavy atom. The van der Waals surface area contributed by atoms with Crippen LogP contribution >= 0.6 is 0 Å². The predicted molar refractivity (Wildman–Crippen MR) is 110 cm³/mol. The molecule has 0 aromatic heterocycles. The van der Waals surface area contributed by atoms with E-state index in [1.807, 2.05) is 24.3 Å². The van der Waals surface area contributed by atoms with Crippen LogP contribution < -0.4 is 15.4 Å². The van der Waals surface area contributed by atoms with Gasteiger partial charge < -0.3 is 15.4 Å². The molecule has 2 saturated carbocycles. The molecule has 0 aliphatic heterocycles. The quantitative estimate of drug-likeness (QED) is 0.755. The average Bonchev–Trinajstić information content (AvgIpc) is 3.21. The SMILES string of the molecule is CC1CC1C(=O)Nc1cccc(C(=O)Nc2ccc(OC3CCCC3)cc2)c1. The molecule has 146 valence electrons. The fraction of sp³-hybridized carbons (Fsp3) is 0.391. The van der Waals surface area contributed by atoms with Gasteiger partial charge in [-0.1, -0.05) is 13.0 Å². The molecule has 4 rings (SSSR count). The van der Waals surface area contributed by atoms with Crippen molar-refractivity contribution in [2.45, 2.75) is 45.1 Å². The fourth-order valence-electron chi connectivity index (χ4n) is 3.68. The first-order valence-corrected chi connectivity index (χ1v) is 10.1. The summed E-state index contributed by atoms with van der Waals surface area (Å²) in [4.78, 5) is 24.6. The molecule has 2 aliphatic rings. The van der Waals surface area contributed by atoms with Crippen LogP contribution in [0.25, 0.3) is 0 Å². The van der Waals surface area contributed by atoms with Crippen molar-refractivity contribution in [2.75, 3.05) is 10.6 Å². The molecule has 2 aliphatic carbocycles. The van der Waals surface area contributed by atoms with Gasteiger partial charge >= 0.3 is 0 Å². The highest BCUT2D eigenvalue weighted by molar-refractivity contribution is 6.05. The maximum atomic E-state index is 12.6. The summed E-state index contributed by atoms with van der Waals surface area (Å²) < 4.78 is 5.95. The molecule has 2 atom stereocenters. The number of carbonyl (C=O) groups excluding carboxylic acids is 2. The Hall–Kier alpha value is -2.82. The highest BCUT2D eigenvalue weighted by Gasteiger charge is 2.39. The van der Waals surface area contributed by atoms with Crippen LogP contribution in [0.2, 0.25) is 0 Å². The van der Waals surface area contributed by atoms with E-state index in [1.165, 1.54) is 12.8 Å². The Morgan fingerprint density at radius 2 is 1.68 bits per heavy atom. The number of hydrogen-bond donors (Lipinski definition) is 2. The minimum atomic E-state index is -0.208. The molecule has 0 bridgehead atoms. The van der Waals surface area contributed by atoms with Crippen molar-refractivity contribution in [3.8, 4) is 5.75 Å². The molecule has 5 nitrogen and oxygen atoms in total. The molecule has 28 heavy (non-hydrogen) atoms. The Bertz CT molecular complexity index is 856. The third-order valence-electron chi connectivity index (χ3n) is 5.56. The minimum Gasteiger partial charge on any atom is -0.490 e. The molecule has 0 radical (unpaired) electrons. The van der Waals surface area contributed by atoms with Gasteiger partial charge in [0, 0.05) is 22.9 Å². The number of nitrogens with one attached hydrogen (secondary N) is 2. The number of amides is 2. The van der Waals surface area contributed by atoms with E-state index in [4.69, 9.17) is 4.74 Å². The van der Waals surface area contributed by atoms with E-state index in [0.29, 0.717) is 29.0 Å². The van der Waals surface area contributed by atoms with Crippen molar-refractivity contribution in [1.82, 2.24) is 0 Å². The summed E-state index contributed by atoms with van der Waals surface area (Å²) in [7, 11) is 0. The zero-order valence-corrected chi connectivity index (χ0v) is 16.1. The summed E-state index contributed by atoms with van der Waals surface area (Å²) in [6.45, 7) is 2.07. The first kappa shape index (κ1) is 18.5. The lowest BCUT2D eigenvalue weighted by atomic mass is 10.1. The van der Waals surface area contributed by atoms with Gasteiger partial charge in [0.1, 0.15) is 5.75 Å². The molecule has 0 heterocycles. The minimum absolute atomic E-state index is 0.0305. The van der Waals surface area contributed by atoms with Crippen molar-refractivity contribution in [1.29, 1.82) is 0 Å². The van der Waals surface area contributed by atoms with Gasteiger partial charge in [0.2, 0.25) is 5.91 Å². The average molecular weight is 378 g/mol. The zero-order chi connectivity index (χ0) is 19.5. The Labute approximate surface area is 165 Å². The molecule has 0 saturated heterocycles. The number of benzene rings is 2. The van der Waals surface area contributed by atoms with Crippen LogP contribution in [0.5, 0.6) is 5.75 Å². The van der Waals surface area contributed by atoms with E-state index in [-0.39, 0.29) is 17.7 Å². The molecule has 2 aromatic carbocycles. The summed E-state index contributed by atoms with van der Waals surface area (Å²) in [6.07, 6.45) is 5.95. The molecule has 5 heteroatoms. The van der Waals surface area contributed by atoms with Crippen LogP contribution in [0.1, 0.15) is 49.4 Å². The van der Waals surface area contributed by atoms with E-state index < -0.39 is 0 Å². The molecule has 2 N–H and O–H groups in total. The fourth-order valence-corrected chi connectivity index (χ4v) is 3.68. The molecule has 2 fully saturated rings. The van der Waals surface area contributed by atoms with Crippen molar-refractivity contribution in [3.63, 3.8) is 0 Å². The van der Waals surface area contributed by atoms with Gasteiger partial charge in [-0.3, -0.25) is 9.59 Å². The van der Waals surface area contributed by atoms with Crippen molar-refractivity contribution < 1.29 is 14.3 Å². The van der Waals surface area contributed by atoms with Crippen molar-refractivity contribution >= 4 is 23.2 Å². The Kier molecular flexibility index (Phi) is 5.33. The Morgan fingerprint density at radius 1 is 0.964 bits per heavy atom. The van der Waals surface area contributed by atoms with E-state index in [9.17, 15) is 9.59 Å². The van der Waals surface area contributed by atoms with Gasteiger partial charge in [0.05, 0.1) is 6.10 Å². The first-order chi connectivity index (χ1) is 13.6. The van der Waals surface area contributed by atoms with Gasteiger partial charge in [-0.25, -0.2) is 0 Å². The van der Waals surface area contributed by atoms with E-state index in [0.717, 1.165) is 25.0 Å². The Balaban J connectivity index is 1.35. The number of anilines is 2. The van der Waals surface area contributed by atoms with Crippen LogP contribution in [0.15, 0.2) is 48.5 Å². The lowest BCUT2D eigenvalue weighted by Crippen LogP contribution is -2.16. The second-order valence-electron chi connectivity index (χ2n) is 7.89. The van der Waals surface area contributed by atoms with Gasteiger partial charge in [-0.2, -0.15) is 0 Å². The van der Waals surface area contributed by atoms with Gasteiger partial charge in [0.25, 0.3) is 5.91 Å². The maximum Gasteiger partial charge on any atom is 0.255 e. The van der Waals surface area contributed by atoms with Crippen LogP contribution in [0, 0.1) is 11.8 Å².